The van der Waals surface area contributed by atoms with Crippen molar-refractivity contribution < 1.29 is 14.7 Å². The third-order valence-electron chi connectivity index (χ3n) is 3.87. The molecule has 0 radical (unpaired) electrons. The highest BCUT2D eigenvalue weighted by molar-refractivity contribution is 7.98. The number of aryl methyl sites for hydroxylation is 1. The molecule has 0 bridgehead atoms. The lowest BCUT2D eigenvalue weighted by Crippen LogP contribution is -2.28. The Balaban J connectivity index is 1.67. The van der Waals surface area contributed by atoms with E-state index >= 15 is 0 Å². The van der Waals surface area contributed by atoms with Gasteiger partial charge in [0, 0.05) is 30.1 Å². The minimum atomic E-state index is -0.770. The normalized spacial score (nSPS) is 21.8. The van der Waals surface area contributed by atoms with Gasteiger partial charge in [0.25, 0.3) is 5.91 Å². The van der Waals surface area contributed by atoms with E-state index in [-0.39, 0.29) is 18.2 Å². The second-order valence-corrected chi connectivity index (χ2v) is 7.61. The molecule has 0 saturated carbocycles. The molecule has 0 aliphatic carbocycles. The number of carboxylic acid groups (broad SMARTS) is 1. The molecule has 0 aromatic carbocycles. The Morgan fingerprint density at radius 1 is 1.45 bits per heavy atom. The molecule has 1 aromatic heterocycles. The van der Waals surface area contributed by atoms with Crippen LogP contribution in [0.3, 0.4) is 0 Å². The number of aliphatic carboxylic acids is 1. The molecule has 1 aromatic rings. The van der Waals surface area contributed by atoms with E-state index in [1.54, 1.807) is 11.3 Å². The molecule has 108 valence electrons. The van der Waals surface area contributed by atoms with Crippen LogP contribution >= 0.6 is 23.1 Å². The summed E-state index contributed by atoms with van der Waals surface area (Å²) in [5, 5.41) is 8.82. The molecule has 1 fully saturated rings. The van der Waals surface area contributed by atoms with Gasteiger partial charge < -0.3 is 10.0 Å². The summed E-state index contributed by atoms with van der Waals surface area (Å²) < 4.78 is 0. The Hall–Kier alpha value is -1.01. The topological polar surface area (TPSA) is 57.6 Å². The van der Waals surface area contributed by atoms with Crippen molar-refractivity contribution in [1.29, 1.82) is 0 Å². The summed E-state index contributed by atoms with van der Waals surface area (Å²) in [7, 11) is 0. The number of likely N-dealkylation sites (tertiary alicyclic amines) is 1. The van der Waals surface area contributed by atoms with Crippen LogP contribution in [0.2, 0.25) is 0 Å². The van der Waals surface area contributed by atoms with E-state index in [9.17, 15) is 9.59 Å². The molecular weight excluding hydrogens is 294 g/mol. The molecule has 4 nitrogen and oxygen atoms in total. The predicted octanol–water partition coefficient (Wildman–Crippen LogP) is 2.47. The molecule has 1 unspecified atom stereocenters. The van der Waals surface area contributed by atoms with Gasteiger partial charge in [-0.2, -0.15) is 11.8 Å². The van der Waals surface area contributed by atoms with E-state index in [4.69, 9.17) is 5.11 Å². The number of thioether (sulfide) groups is 1. The van der Waals surface area contributed by atoms with Crippen molar-refractivity contribution in [3.05, 3.63) is 21.4 Å². The van der Waals surface area contributed by atoms with Gasteiger partial charge in [0.1, 0.15) is 0 Å². The molecule has 1 saturated heterocycles. The number of carboxylic acids is 1. The Labute approximate surface area is 126 Å². The van der Waals surface area contributed by atoms with Crippen molar-refractivity contribution in [3.8, 4) is 0 Å². The van der Waals surface area contributed by atoms with Crippen LogP contribution in [0, 0.1) is 5.92 Å². The first kappa shape index (κ1) is 13.9. The zero-order valence-electron chi connectivity index (χ0n) is 11.1. The van der Waals surface area contributed by atoms with Gasteiger partial charge in [-0.1, -0.05) is 0 Å². The smallest absolute Gasteiger partial charge is 0.303 e. The Morgan fingerprint density at radius 3 is 3.05 bits per heavy atom. The highest BCUT2D eigenvalue weighted by atomic mass is 32.2. The predicted molar refractivity (Wildman–Crippen MR) is 80.4 cm³/mol. The number of carbonyl (C=O) groups excluding carboxylic acids is 1. The van der Waals surface area contributed by atoms with Crippen molar-refractivity contribution >= 4 is 35.0 Å². The first-order valence-corrected chi connectivity index (χ1v) is 8.81. The lowest BCUT2D eigenvalue weighted by molar-refractivity contribution is -0.138. The van der Waals surface area contributed by atoms with E-state index in [0.717, 1.165) is 29.2 Å². The van der Waals surface area contributed by atoms with Gasteiger partial charge in [0.15, 0.2) is 0 Å². The fourth-order valence-corrected chi connectivity index (χ4v) is 5.18. The number of rotatable bonds is 3. The minimum Gasteiger partial charge on any atom is -0.481 e. The first-order valence-electron chi connectivity index (χ1n) is 6.84. The molecule has 1 N–H and O–H groups in total. The number of nitrogens with zero attached hydrogens (tertiary/aromatic N) is 1. The van der Waals surface area contributed by atoms with Crippen molar-refractivity contribution in [2.24, 2.45) is 5.92 Å². The average molecular weight is 311 g/mol. The minimum absolute atomic E-state index is 0.0855. The maximum absolute atomic E-state index is 12.5. The monoisotopic (exact) mass is 311 g/mol. The largest absolute Gasteiger partial charge is 0.481 e. The van der Waals surface area contributed by atoms with Gasteiger partial charge in [-0.05, 0) is 36.1 Å². The summed E-state index contributed by atoms with van der Waals surface area (Å²) in [6.45, 7) is 1.27. The number of hydrogen-bond donors (Lipinski definition) is 1. The second-order valence-electron chi connectivity index (χ2n) is 5.37. The van der Waals surface area contributed by atoms with Crippen LogP contribution in [0.4, 0.5) is 0 Å². The summed E-state index contributed by atoms with van der Waals surface area (Å²) in [4.78, 5) is 27.2. The molecular formula is C14H17NO3S2. The van der Waals surface area contributed by atoms with Gasteiger partial charge in [-0.3, -0.25) is 9.59 Å². The van der Waals surface area contributed by atoms with Gasteiger partial charge in [0.2, 0.25) is 0 Å². The van der Waals surface area contributed by atoms with Crippen LogP contribution in [0.15, 0.2) is 6.07 Å². The van der Waals surface area contributed by atoms with Crippen LogP contribution in [-0.4, -0.2) is 40.7 Å². The molecule has 6 heteroatoms. The van der Waals surface area contributed by atoms with E-state index in [0.29, 0.717) is 13.1 Å². The molecule has 20 heavy (non-hydrogen) atoms. The summed E-state index contributed by atoms with van der Waals surface area (Å²) in [6, 6.07) is 2.04. The van der Waals surface area contributed by atoms with E-state index < -0.39 is 5.97 Å². The van der Waals surface area contributed by atoms with Gasteiger partial charge in [-0.15, -0.1) is 11.3 Å². The first-order chi connectivity index (χ1) is 9.63. The van der Waals surface area contributed by atoms with Crippen molar-refractivity contribution in [2.45, 2.75) is 25.0 Å². The quantitative estimate of drug-likeness (QED) is 0.931. The number of fused-ring (bicyclic) bond motifs is 1. The highest BCUT2D eigenvalue weighted by Crippen LogP contribution is 2.33. The molecule has 0 spiro atoms. The summed E-state index contributed by atoms with van der Waals surface area (Å²) >= 11 is 3.54. The van der Waals surface area contributed by atoms with Gasteiger partial charge >= 0.3 is 5.97 Å². The van der Waals surface area contributed by atoms with Crippen LogP contribution < -0.4 is 0 Å². The van der Waals surface area contributed by atoms with Gasteiger partial charge in [-0.25, -0.2) is 0 Å². The molecule has 3 rings (SSSR count). The average Bonchev–Trinajstić information content (AvgIpc) is 3.03. The van der Waals surface area contributed by atoms with Crippen molar-refractivity contribution in [2.75, 3.05) is 18.8 Å². The lowest BCUT2D eigenvalue weighted by Gasteiger charge is -2.14. The highest BCUT2D eigenvalue weighted by Gasteiger charge is 2.29. The number of thiophene rings is 1. The summed E-state index contributed by atoms with van der Waals surface area (Å²) in [6.07, 6.45) is 2.04. The number of amides is 1. The van der Waals surface area contributed by atoms with Crippen LogP contribution in [0.25, 0.3) is 0 Å². The Kier molecular flexibility index (Phi) is 4.03. The maximum atomic E-state index is 12.5. The number of hydrogen-bond acceptors (Lipinski definition) is 4. The van der Waals surface area contributed by atoms with Crippen molar-refractivity contribution in [1.82, 2.24) is 4.90 Å². The Bertz CT molecular complexity index is 517. The third-order valence-corrected chi connectivity index (χ3v) is 6.11. The number of carbonyl (C=O) groups is 2. The zero-order chi connectivity index (χ0) is 14.1. The fourth-order valence-electron chi connectivity index (χ4n) is 2.84. The fraction of sp³-hybridized carbons (Fsp3) is 0.571. The van der Waals surface area contributed by atoms with E-state index in [1.807, 2.05) is 22.7 Å². The lowest BCUT2D eigenvalue weighted by atomic mass is 10.1. The van der Waals surface area contributed by atoms with Gasteiger partial charge in [0.05, 0.1) is 4.88 Å². The van der Waals surface area contributed by atoms with Crippen LogP contribution in [0.5, 0.6) is 0 Å². The molecule has 3 heterocycles. The maximum Gasteiger partial charge on any atom is 0.303 e. The Morgan fingerprint density at radius 2 is 2.30 bits per heavy atom. The second kappa shape index (κ2) is 5.77. The van der Waals surface area contributed by atoms with Crippen LogP contribution in [0.1, 0.15) is 33.0 Å². The van der Waals surface area contributed by atoms with Crippen LogP contribution in [-0.2, 0) is 17.0 Å². The SMILES string of the molecule is O=C(O)CC1CCN(C(=O)c2cc3c(s2)CCSC3)C1. The van der Waals surface area contributed by atoms with E-state index in [2.05, 4.69) is 0 Å². The molecule has 2 aliphatic rings. The van der Waals surface area contributed by atoms with Crippen molar-refractivity contribution in [3.63, 3.8) is 0 Å². The van der Waals surface area contributed by atoms with E-state index in [1.165, 1.54) is 10.4 Å². The summed E-state index contributed by atoms with van der Waals surface area (Å²) in [5.41, 5.74) is 1.32. The third kappa shape index (κ3) is 2.86. The molecule has 1 atom stereocenters. The standard InChI is InChI=1S/C14H17NO3S2/c16-13(17)5-9-1-3-15(7-9)14(18)12-6-10-8-19-4-2-11(10)20-12/h6,9H,1-5,7-8H2,(H,16,17). The molecule has 1 amide bonds. The molecule has 2 aliphatic heterocycles. The zero-order valence-corrected chi connectivity index (χ0v) is 12.8. The summed E-state index contributed by atoms with van der Waals surface area (Å²) in [5.74, 6) is 1.59.